The zero-order valence-corrected chi connectivity index (χ0v) is 12.3. The first kappa shape index (κ1) is 13.9. The van der Waals surface area contributed by atoms with Gasteiger partial charge in [-0.1, -0.05) is 11.6 Å². The summed E-state index contributed by atoms with van der Waals surface area (Å²) in [5.74, 6) is -0.276. The van der Waals surface area contributed by atoms with Crippen molar-refractivity contribution in [1.82, 2.24) is 15.1 Å². The molecule has 0 aliphatic rings. The Morgan fingerprint density at radius 3 is 2.89 bits per heavy atom. The second-order valence-electron chi connectivity index (χ2n) is 4.13. The number of thiophene rings is 1. The van der Waals surface area contributed by atoms with Crippen LogP contribution in [0.2, 0.25) is 4.34 Å². The maximum atomic E-state index is 12.1. The van der Waals surface area contributed by atoms with Crippen molar-refractivity contribution in [1.29, 1.82) is 0 Å². The highest BCUT2D eigenvalue weighted by molar-refractivity contribution is 7.16. The lowest BCUT2D eigenvalue weighted by Gasteiger charge is -2.11. The third-order valence-corrected chi connectivity index (χ3v) is 4.11. The van der Waals surface area contributed by atoms with E-state index in [2.05, 4.69) is 10.4 Å². The number of nitrogens with two attached hydrogens (primary N) is 1. The van der Waals surface area contributed by atoms with Crippen molar-refractivity contribution >= 4 is 34.5 Å². The third-order valence-electron chi connectivity index (χ3n) is 2.70. The summed E-state index contributed by atoms with van der Waals surface area (Å²) >= 11 is 7.32. The predicted molar refractivity (Wildman–Crippen MR) is 77.5 cm³/mol. The van der Waals surface area contributed by atoms with Gasteiger partial charge in [-0.3, -0.25) is 9.48 Å². The minimum atomic E-state index is -0.276. The van der Waals surface area contributed by atoms with Gasteiger partial charge in [0.1, 0.15) is 0 Å². The Morgan fingerprint density at radius 1 is 1.63 bits per heavy atom. The van der Waals surface area contributed by atoms with E-state index in [4.69, 9.17) is 17.3 Å². The number of nitrogen functional groups attached to an aromatic ring is 1. The number of carbonyl (C=O) groups excluding carboxylic acids is 1. The van der Waals surface area contributed by atoms with Gasteiger partial charge >= 0.3 is 0 Å². The standard InChI is InChI=1S/C12H15ClN4OS/c1-3-17-6-8(14)11(16-17)12(18)15-7(2)9-4-5-10(13)19-9/h4-7H,3,14H2,1-2H3,(H,15,18). The smallest absolute Gasteiger partial charge is 0.274 e. The maximum Gasteiger partial charge on any atom is 0.274 e. The Hall–Kier alpha value is -1.53. The summed E-state index contributed by atoms with van der Waals surface area (Å²) in [6.45, 7) is 4.50. The highest BCUT2D eigenvalue weighted by Crippen LogP contribution is 2.26. The number of carbonyl (C=O) groups is 1. The molecule has 102 valence electrons. The molecule has 1 unspecified atom stereocenters. The molecule has 1 amide bonds. The van der Waals surface area contributed by atoms with Gasteiger partial charge < -0.3 is 11.1 Å². The van der Waals surface area contributed by atoms with Crippen molar-refractivity contribution in [3.8, 4) is 0 Å². The average Bonchev–Trinajstić information content (AvgIpc) is 2.95. The molecule has 2 aromatic heterocycles. The number of anilines is 1. The highest BCUT2D eigenvalue weighted by atomic mass is 35.5. The summed E-state index contributed by atoms with van der Waals surface area (Å²) < 4.78 is 2.34. The second kappa shape index (κ2) is 5.63. The molecule has 0 saturated carbocycles. The monoisotopic (exact) mass is 298 g/mol. The molecule has 0 radical (unpaired) electrons. The van der Waals surface area contributed by atoms with Crippen molar-refractivity contribution < 1.29 is 4.79 Å². The number of hydrogen-bond donors (Lipinski definition) is 2. The molecule has 7 heteroatoms. The molecule has 2 rings (SSSR count). The molecular weight excluding hydrogens is 284 g/mol. The molecule has 0 fully saturated rings. The fourth-order valence-electron chi connectivity index (χ4n) is 1.67. The summed E-state index contributed by atoms with van der Waals surface area (Å²) in [6, 6.07) is 3.58. The first-order valence-electron chi connectivity index (χ1n) is 5.90. The molecule has 2 aromatic rings. The number of amides is 1. The summed E-state index contributed by atoms with van der Waals surface area (Å²) in [5.41, 5.74) is 6.42. The van der Waals surface area contributed by atoms with Crippen LogP contribution in [0.1, 0.15) is 35.3 Å². The zero-order valence-electron chi connectivity index (χ0n) is 10.7. The normalized spacial score (nSPS) is 12.4. The molecule has 0 saturated heterocycles. The first-order chi connectivity index (χ1) is 9.01. The number of nitrogens with zero attached hydrogens (tertiary/aromatic N) is 2. The van der Waals surface area contributed by atoms with Crippen molar-refractivity contribution in [3.63, 3.8) is 0 Å². The van der Waals surface area contributed by atoms with Gasteiger partial charge in [-0.15, -0.1) is 11.3 Å². The van der Waals surface area contributed by atoms with Gasteiger partial charge in [0, 0.05) is 17.6 Å². The van der Waals surface area contributed by atoms with Crippen molar-refractivity contribution in [3.05, 3.63) is 33.2 Å². The molecule has 1 atom stereocenters. The Balaban J connectivity index is 2.10. The largest absolute Gasteiger partial charge is 0.396 e. The highest BCUT2D eigenvalue weighted by Gasteiger charge is 2.18. The SMILES string of the molecule is CCn1cc(N)c(C(=O)NC(C)c2ccc(Cl)s2)n1. The van der Waals surface area contributed by atoms with Gasteiger partial charge in [0.2, 0.25) is 0 Å². The van der Waals surface area contributed by atoms with E-state index < -0.39 is 0 Å². The molecule has 0 aromatic carbocycles. The summed E-state index contributed by atoms with van der Waals surface area (Å²) in [6.07, 6.45) is 1.65. The molecule has 5 nitrogen and oxygen atoms in total. The number of halogens is 1. The van der Waals surface area contributed by atoms with E-state index in [1.54, 1.807) is 10.9 Å². The van der Waals surface area contributed by atoms with Crippen LogP contribution < -0.4 is 11.1 Å². The third kappa shape index (κ3) is 3.08. The van der Waals surface area contributed by atoms with Crippen LogP contribution in [0.5, 0.6) is 0 Å². The fourth-order valence-corrected chi connectivity index (χ4v) is 2.74. The van der Waals surface area contributed by atoms with Crippen LogP contribution in [0.15, 0.2) is 18.3 Å². The fraction of sp³-hybridized carbons (Fsp3) is 0.333. The van der Waals surface area contributed by atoms with Crippen LogP contribution in [0.3, 0.4) is 0 Å². The van der Waals surface area contributed by atoms with Crippen LogP contribution in [0.4, 0.5) is 5.69 Å². The molecule has 2 heterocycles. The molecule has 0 aliphatic carbocycles. The van der Waals surface area contributed by atoms with E-state index in [1.165, 1.54) is 11.3 Å². The van der Waals surface area contributed by atoms with Gasteiger partial charge in [0.15, 0.2) is 5.69 Å². The Labute approximate surface area is 120 Å². The lowest BCUT2D eigenvalue weighted by molar-refractivity contribution is 0.0935. The average molecular weight is 299 g/mol. The Morgan fingerprint density at radius 2 is 2.37 bits per heavy atom. The van der Waals surface area contributed by atoms with Crippen molar-refractivity contribution in [2.75, 3.05) is 5.73 Å². The molecular formula is C12H15ClN4OS. The quantitative estimate of drug-likeness (QED) is 0.911. The second-order valence-corrected chi connectivity index (χ2v) is 5.87. The van der Waals surface area contributed by atoms with Gasteiger partial charge in [-0.05, 0) is 26.0 Å². The topological polar surface area (TPSA) is 72.9 Å². The van der Waals surface area contributed by atoms with Gasteiger partial charge in [-0.2, -0.15) is 5.10 Å². The number of nitrogens with one attached hydrogen (secondary N) is 1. The molecule has 0 aliphatic heterocycles. The zero-order chi connectivity index (χ0) is 14.0. The van der Waals surface area contributed by atoms with E-state index in [0.29, 0.717) is 16.6 Å². The Bertz CT molecular complexity index is 592. The lowest BCUT2D eigenvalue weighted by Crippen LogP contribution is -2.27. The van der Waals surface area contributed by atoms with Crippen molar-refractivity contribution in [2.45, 2.75) is 26.4 Å². The number of aromatic nitrogens is 2. The Kier molecular flexibility index (Phi) is 4.11. The van der Waals surface area contributed by atoms with Gasteiger partial charge in [0.25, 0.3) is 5.91 Å². The van der Waals surface area contributed by atoms with E-state index in [-0.39, 0.29) is 17.6 Å². The van der Waals surface area contributed by atoms with Crippen LogP contribution in [0.25, 0.3) is 0 Å². The molecule has 3 N–H and O–H groups in total. The molecule has 0 spiro atoms. The molecule has 19 heavy (non-hydrogen) atoms. The first-order valence-corrected chi connectivity index (χ1v) is 7.09. The number of rotatable bonds is 4. The van der Waals surface area contributed by atoms with Crippen LogP contribution in [0, 0.1) is 0 Å². The minimum absolute atomic E-state index is 0.129. The summed E-state index contributed by atoms with van der Waals surface area (Å²) in [7, 11) is 0. The van der Waals surface area contributed by atoms with Crippen LogP contribution >= 0.6 is 22.9 Å². The summed E-state index contributed by atoms with van der Waals surface area (Å²) in [4.78, 5) is 13.1. The predicted octanol–water partition coefficient (Wildman–Crippen LogP) is 2.69. The minimum Gasteiger partial charge on any atom is -0.396 e. The van der Waals surface area contributed by atoms with E-state index in [0.717, 1.165) is 4.88 Å². The van der Waals surface area contributed by atoms with E-state index in [9.17, 15) is 4.79 Å². The van der Waals surface area contributed by atoms with Crippen molar-refractivity contribution in [2.24, 2.45) is 0 Å². The number of aryl methyl sites for hydroxylation is 1. The summed E-state index contributed by atoms with van der Waals surface area (Å²) in [5, 5.41) is 7.00. The van der Waals surface area contributed by atoms with Crippen LogP contribution in [-0.2, 0) is 6.54 Å². The van der Waals surface area contributed by atoms with Gasteiger partial charge in [-0.25, -0.2) is 0 Å². The van der Waals surface area contributed by atoms with Gasteiger partial charge in [0.05, 0.1) is 16.1 Å². The van der Waals surface area contributed by atoms with E-state index >= 15 is 0 Å². The van der Waals surface area contributed by atoms with E-state index in [1.807, 2.05) is 26.0 Å². The van der Waals surface area contributed by atoms with Crippen LogP contribution in [-0.4, -0.2) is 15.7 Å². The lowest BCUT2D eigenvalue weighted by atomic mass is 10.2. The number of hydrogen-bond acceptors (Lipinski definition) is 4. The maximum absolute atomic E-state index is 12.1. The molecule has 0 bridgehead atoms.